The van der Waals surface area contributed by atoms with Gasteiger partial charge in [-0.25, -0.2) is 4.79 Å². The molecule has 0 saturated heterocycles. The zero-order chi connectivity index (χ0) is 25.7. The summed E-state index contributed by atoms with van der Waals surface area (Å²) in [5.74, 6) is -7.39. The largest absolute Gasteiger partial charge is 0.586 e. The molecule has 2 aromatic carbocycles. The fraction of sp³-hybridized carbons (Fsp3) is 0.227. The number of aliphatic hydroxyl groups is 1. The first kappa shape index (κ1) is 24.7. The Bertz CT molecular complexity index is 1340. The van der Waals surface area contributed by atoms with Crippen LogP contribution in [-0.2, 0) is 22.5 Å². The Morgan fingerprint density at radius 2 is 1.83 bits per heavy atom. The SMILES string of the molecule is COC(=O)C(F)(F)c1cc(-c2ccc(Br)cc2C(O)C(=O)c2ccc3c(c2)OC(F)(F)O3)n(C)n1. The lowest BCUT2D eigenvalue weighted by molar-refractivity contribution is -0.286. The maximum atomic E-state index is 14.4. The van der Waals surface area contributed by atoms with Crippen molar-refractivity contribution in [1.29, 1.82) is 0 Å². The summed E-state index contributed by atoms with van der Waals surface area (Å²) in [6, 6.07) is 8.59. The van der Waals surface area contributed by atoms with Crippen LogP contribution in [-0.4, -0.2) is 40.0 Å². The van der Waals surface area contributed by atoms with Crippen LogP contribution in [0, 0.1) is 0 Å². The van der Waals surface area contributed by atoms with E-state index in [1.54, 1.807) is 6.07 Å². The van der Waals surface area contributed by atoms with Gasteiger partial charge in [0.2, 0.25) is 0 Å². The third kappa shape index (κ3) is 4.48. The highest BCUT2D eigenvalue weighted by Gasteiger charge is 2.46. The highest BCUT2D eigenvalue weighted by Crippen LogP contribution is 2.42. The Morgan fingerprint density at radius 3 is 2.51 bits per heavy atom. The number of halogens is 5. The van der Waals surface area contributed by atoms with Crippen molar-refractivity contribution in [2.75, 3.05) is 7.11 Å². The molecule has 8 nitrogen and oxygen atoms in total. The summed E-state index contributed by atoms with van der Waals surface area (Å²) in [6.07, 6.45) is -5.72. The number of nitrogens with zero attached hydrogens (tertiary/aromatic N) is 2. The molecule has 1 aliphatic heterocycles. The summed E-state index contributed by atoms with van der Waals surface area (Å²) in [5, 5.41) is 14.6. The van der Waals surface area contributed by atoms with E-state index in [1.165, 1.54) is 25.2 Å². The number of fused-ring (bicyclic) bond motifs is 1. The van der Waals surface area contributed by atoms with E-state index < -0.39 is 35.8 Å². The van der Waals surface area contributed by atoms with Crippen molar-refractivity contribution >= 4 is 27.7 Å². The molecule has 35 heavy (non-hydrogen) atoms. The molecule has 1 atom stereocenters. The van der Waals surface area contributed by atoms with E-state index >= 15 is 0 Å². The molecule has 0 bridgehead atoms. The smallest absolute Gasteiger partial charge is 0.464 e. The van der Waals surface area contributed by atoms with Crippen molar-refractivity contribution in [3.8, 4) is 22.8 Å². The molecule has 1 N–H and O–H groups in total. The van der Waals surface area contributed by atoms with Gasteiger partial charge in [0, 0.05) is 22.6 Å². The topological polar surface area (TPSA) is 99.9 Å². The minimum absolute atomic E-state index is 0.00306. The van der Waals surface area contributed by atoms with Crippen LogP contribution in [0.5, 0.6) is 11.5 Å². The van der Waals surface area contributed by atoms with E-state index in [0.29, 0.717) is 4.47 Å². The number of esters is 1. The van der Waals surface area contributed by atoms with Gasteiger partial charge in [-0.05, 0) is 42.0 Å². The van der Waals surface area contributed by atoms with Crippen LogP contribution in [0.15, 0.2) is 46.9 Å². The van der Waals surface area contributed by atoms with Crippen LogP contribution in [0.2, 0.25) is 0 Å². The molecule has 0 spiro atoms. The molecule has 4 rings (SSSR count). The zero-order valence-corrected chi connectivity index (χ0v) is 19.5. The van der Waals surface area contributed by atoms with Crippen LogP contribution >= 0.6 is 15.9 Å². The monoisotopic (exact) mass is 558 g/mol. The number of Topliss-reactive ketones (excluding diaryl/α,β-unsaturated/α-hetero) is 1. The number of rotatable bonds is 6. The first-order valence-electron chi connectivity index (χ1n) is 9.77. The molecular formula is C22H15BrF4N2O6. The van der Waals surface area contributed by atoms with E-state index in [0.717, 1.165) is 30.0 Å². The number of ketones is 1. The molecule has 0 fully saturated rings. The molecule has 1 aromatic heterocycles. The minimum Gasteiger partial charge on any atom is -0.464 e. The summed E-state index contributed by atoms with van der Waals surface area (Å²) in [4.78, 5) is 24.5. The van der Waals surface area contributed by atoms with Crippen molar-refractivity contribution in [3.63, 3.8) is 0 Å². The summed E-state index contributed by atoms with van der Waals surface area (Å²) in [6.45, 7) is 0. The first-order valence-corrected chi connectivity index (χ1v) is 10.6. The number of ether oxygens (including phenoxy) is 3. The van der Waals surface area contributed by atoms with E-state index in [1.807, 2.05) is 0 Å². The van der Waals surface area contributed by atoms with Crippen molar-refractivity contribution in [2.45, 2.75) is 18.3 Å². The van der Waals surface area contributed by atoms with Gasteiger partial charge in [0.25, 0.3) is 0 Å². The number of hydrogen-bond acceptors (Lipinski definition) is 7. The molecule has 0 aliphatic carbocycles. The van der Waals surface area contributed by atoms with Crippen molar-refractivity contribution in [1.82, 2.24) is 9.78 Å². The average Bonchev–Trinajstić information content (AvgIpc) is 3.35. The van der Waals surface area contributed by atoms with Crippen molar-refractivity contribution < 1.29 is 46.5 Å². The summed E-state index contributed by atoms with van der Waals surface area (Å²) < 4.78 is 69.6. The number of benzene rings is 2. The highest BCUT2D eigenvalue weighted by atomic mass is 79.9. The number of aliphatic hydroxyl groups excluding tert-OH is 1. The van der Waals surface area contributed by atoms with Gasteiger partial charge in [0.15, 0.2) is 17.3 Å². The van der Waals surface area contributed by atoms with Gasteiger partial charge < -0.3 is 19.3 Å². The molecule has 2 heterocycles. The molecule has 0 saturated carbocycles. The van der Waals surface area contributed by atoms with Crippen molar-refractivity contribution in [3.05, 3.63) is 63.8 Å². The predicted octanol–water partition coefficient (Wildman–Crippen LogP) is 4.35. The zero-order valence-electron chi connectivity index (χ0n) is 17.9. The minimum atomic E-state index is -4.04. The predicted molar refractivity (Wildman–Crippen MR) is 114 cm³/mol. The second kappa shape index (κ2) is 8.64. The van der Waals surface area contributed by atoms with Crippen LogP contribution in [0.3, 0.4) is 0 Å². The number of aryl methyl sites for hydroxylation is 1. The third-order valence-electron chi connectivity index (χ3n) is 5.16. The van der Waals surface area contributed by atoms with Crippen LogP contribution in [0.25, 0.3) is 11.3 Å². The van der Waals surface area contributed by atoms with Crippen LogP contribution < -0.4 is 9.47 Å². The second-order valence-corrected chi connectivity index (χ2v) is 8.35. The van der Waals surface area contributed by atoms with Gasteiger partial charge in [-0.2, -0.15) is 13.9 Å². The normalized spacial score (nSPS) is 15.1. The van der Waals surface area contributed by atoms with Gasteiger partial charge in [0.1, 0.15) is 11.8 Å². The van der Waals surface area contributed by atoms with Gasteiger partial charge in [-0.1, -0.05) is 22.0 Å². The number of methoxy groups -OCH3 is 1. The number of hydrogen-bond donors (Lipinski definition) is 1. The Kier molecular flexibility index (Phi) is 6.09. The van der Waals surface area contributed by atoms with Gasteiger partial charge >= 0.3 is 18.2 Å². The maximum Gasteiger partial charge on any atom is 0.586 e. The standard InChI is InChI=1S/C22H15BrF4N2O6/c1-29-14(9-17(28-29)21(24,25)20(32)33-2)12-5-4-11(23)8-13(12)19(31)18(30)10-3-6-15-16(7-10)35-22(26,27)34-15/h3-9,19,31H,1-2H3. The highest BCUT2D eigenvalue weighted by molar-refractivity contribution is 9.10. The molecule has 1 unspecified atom stereocenters. The Hall–Kier alpha value is -3.45. The Balaban J connectivity index is 1.73. The quantitative estimate of drug-likeness (QED) is 0.273. The van der Waals surface area contributed by atoms with E-state index in [9.17, 15) is 32.3 Å². The number of carbonyl (C=O) groups is 2. The molecule has 0 radical (unpaired) electrons. The average molecular weight is 559 g/mol. The van der Waals surface area contributed by atoms with Crippen LogP contribution in [0.4, 0.5) is 17.6 Å². The number of alkyl halides is 4. The van der Waals surface area contributed by atoms with E-state index in [4.69, 9.17) is 0 Å². The van der Waals surface area contributed by atoms with Gasteiger partial charge in [-0.3, -0.25) is 9.48 Å². The fourth-order valence-electron chi connectivity index (χ4n) is 3.50. The van der Waals surface area contributed by atoms with Crippen molar-refractivity contribution in [2.24, 2.45) is 7.05 Å². The second-order valence-electron chi connectivity index (χ2n) is 7.43. The molecule has 1 aliphatic rings. The van der Waals surface area contributed by atoms with E-state index in [-0.39, 0.29) is 33.9 Å². The fourth-order valence-corrected chi connectivity index (χ4v) is 3.88. The molecule has 13 heteroatoms. The molecule has 0 amide bonds. The third-order valence-corrected chi connectivity index (χ3v) is 5.65. The van der Waals surface area contributed by atoms with Gasteiger partial charge in [-0.15, -0.1) is 8.78 Å². The van der Waals surface area contributed by atoms with Crippen LogP contribution in [0.1, 0.15) is 27.7 Å². The lowest BCUT2D eigenvalue weighted by Crippen LogP contribution is -2.27. The molecule has 3 aromatic rings. The lowest BCUT2D eigenvalue weighted by Gasteiger charge is -2.16. The number of carbonyl (C=O) groups excluding carboxylic acids is 2. The summed E-state index contributed by atoms with van der Waals surface area (Å²) in [5.41, 5.74) is -0.838. The summed E-state index contributed by atoms with van der Waals surface area (Å²) in [7, 11) is 2.15. The lowest BCUT2D eigenvalue weighted by atomic mass is 9.94. The molecular weight excluding hydrogens is 544 g/mol. The first-order chi connectivity index (χ1) is 16.3. The molecule has 184 valence electrons. The summed E-state index contributed by atoms with van der Waals surface area (Å²) >= 11 is 3.23. The van der Waals surface area contributed by atoms with E-state index in [2.05, 4.69) is 35.2 Å². The van der Waals surface area contributed by atoms with Gasteiger partial charge in [0.05, 0.1) is 12.8 Å². The Labute approximate surface area is 203 Å². The Morgan fingerprint density at radius 1 is 1.14 bits per heavy atom. The number of aromatic nitrogens is 2. The maximum absolute atomic E-state index is 14.4.